The van der Waals surface area contributed by atoms with Gasteiger partial charge in [0.05, 0.1) is 5.69 Å². The smallest absolute Gasteiger partial charge is 0.136 e. The van der Waals surface area contributed by atoms with Crippen molar-refractivity contribution in [3.8, 4) is 0 Å². The number of nitrogens with zero attached hydrogens (tertiary/aromatic N) is 2. The fourth-order valence-electron chi connectivity index (χ4n) is 0.387. The van der Waals surface area contributed by atoms with Crippen molar-refractivity contribution in [1.82, 2.24) is 9.97 Å². The second kappa shape index (κ2) is 2.31. The van der Waals surface area contributed by atoms with Crippen molar-refractivity contribution >= 4 is 11.6 Å². The minimum atomic E-state index is 0.197. The first kappa shape index (κ1) is 6.49. The molecule has 0 aliphatic carbocycles. The normalized spacial score (nSPS) is 9.67. The zero-order valence-electron chi connectivity index (χ0n) is 4.50. The van der Waals surface area contributed by atoms with Crippen molar-refractivity contribution in [3.63, 3.8) is 0 Å². The molecule has 44 valence electrons. The first-order valence-corrected chi connectivity index (χ1v) is 2.61. The lowest BCUT2D eigenvalue weighted by Crippen LogP contribution is -1.88. The van der Waals surface area contributed by atoms with Gasteiger partial charge < -0.3 is 0 Å². The molecule has 0 aliphatic heterocycles. The zero-order chi connectivity index (χ0) is 6.85. The van der Waals surface area contributed by atoms with Gasteiger partial charge in [0.1, 0.15) is 11.5 Å². The number of hydrogen-bond donors (Lipinski definition) is 0. The largest absolute Gasteiger partial charge is 0.241 e. The van der Waals surface area contributed by atoms with Gasteiger partial charge in [0.2, 0.25) is 0 Å². The van der Waals surface area contributed by atoms with E-state index in [0.717, 1.165) is 0 Å². The lowest BCUT2D eigenvalue weighted by molar-refractivity contribution is 1.12. The summed E-state index contributed by atoms with van der Waals surface area (Å²) >= 11 is 5.46. The number of halogens is 1. The van der Waals surface area contributed by atoms with Gasteiger partial charge in [-0.05, 0) is 0 Å². The molecule has 0 atom stereocenters. The van der Waals surface area contributed by atoms with Gasteiger partial charge >= 0.3 is 0 Å². The molecule has 3 heteroatoms. The van der Waals surface area contributed by atoms with Crippen LogP contribution in [-0.2, 0) is 0 Å². The van der Waals surface area contributed by atoms with Gasteiger partial charge in [0, 0.05) is 19.4 Å². The van der Waals surface area contributed by atoms with Crippen molar-refractivity contribution in [2.75, 3.05) is 0 Å². The highest BCUT2D eigenvalue weighted by molar-refractivity contribution is 6.30. The van der Waals surface area contributed by atoms with Crippen molar-refractivity contribution in [2.24, 2.45) is 0 Å². The first-order valence-electron chi connectivity index (χ1n) is 2.23. The van der Waals surface area contributed by atoms with E-state index >= 15 is 0 Å². The lowest BCUT2D eigenvalue weighted by Gasteiger charge is -1.95. The summed E-state index contributed by atoms with van der Waals surface area (Å²) in [5.74, 6) is 0. The summed E-state index contributed by atoms with van der Waals surface area (Å²) in [6.45, 7) is 10.6. The van der Waals surface area contributed by atoms with Crippen LogP contribution in [0.15, 0.2) is 6.33 Å². The third-order valence-corrected chi connectivity index (χ3v) is 1.17. The molecule has 2 nitrogen and oxygen atoms in total. The van der Waals surface area contributed by atoms with Crippen molar-refractivity contribution < 1.29 is 0 Å². The van der Waals surface area contributed by atoms with Crippen LogP contribution in [0.4, 0.5) is 0 Å². The van der Waals surface area contributed by atoms with Crippen LogP contribution in [0.5, 0.6) is 0 Å². The second-order valence-electron chi connectivity index (χ2n) is 1.46. The Kier molecular flexibility index (Phi) is 1.67. The van der Waals surface area contributed by atoms with Crippen molar-refractivity contribution in [2.45, 2.75) is 0 Å². The maximum absolute atomic E-state index is 5.46. The number of aromatic nitrogens is 2. The molecule has 0 amide bonds. The predicted molar refractivity (Wildman–Crippen MR) is 33.8 cm³/mol. The molecule has 0 aromatic carbocycles. The van der Waals surface area contributed by atoms with E-state index in [0.29, 0.717) is 0 Å². The molecule has 1 rings (SSSR count). The van der Waals surface area contributed by atoms with E-state index in [1.54, 1.807) is 0 Å². The number of hydrogen-bond acceptors (Lipinski definition) is 2. The van der Waals surface area contributed by atoms with Gasteiger partial charge in [-0.25, -0.2) is 9.97 Å². The number of rotatable bonds is 0. The summed E-state index contributed by atoms with van der Waals surface area (Å²) in [7, 11) is 0. The van der Waals surface area contributed by atoms with Gasteiger partial charge in [-0.15, -0.1) is 0 Å². The van der Waals surface area contributed by atoms with Crippen molar-refractivity contribution in [3.05, 3.63) is 36.6 Å². The van der Waals surface area contributed by atoms with Crippen molar-refractivity contribution in [1.29, 1.82) is 0 Å². The van der Waals surface area contributed by atoms with E-state index in [4.69, 9.17) is 25.4 Å². The third kappa shape index (κ3) is 1.19. The van der Waals surface area contributed by atoms with Gasteiger partial charge in [-0.1, -0.05) is 11.6 Å². The molecule has 0 aliphatic rings. The zero-order valence-corrected chi connectivity index (χ0v) is 5.26. The summed E-state index contributed by atoms with van der Waals surface area (Å²) in [4.78, 5) is 7.19. The fraction of sp³-hybridized carbons (Fsp3) is 0. The van der Waals surface area contributed by atoms with Crippen LogP contribution in [0.25, 0.3) is 0 Å². The monoisotopic (exact) mass is 138 g/mol. The molecule has 1 aromatic heterocycles. The summed E-state index contributed by atoms with van der Waals surface area (Å²) in [5, 5.41) is 0.197. The molecule has 0 bridgehead atoms. The Morgan fingerprint density at radius 3 is 2.44 bits per heavy atom. The third-order valence-electron chi connectivity index (χ3n) is 0.866. The van der Waals surface area contributed by atoms with E-state index in [9.17, 15) is 0 Å². The summed E-state index contributed by atoms with van der Waals surface area (Å²) in [5.41, 5.74) is 0.453. The Hall–Kier alpha value is -0.630. The molecule has 0 fully saturated rings. The molecule has 1 heterocycles. The second-order valence-corrected chi connectivity index (χ2v) is 1.82. The Labute approximate surface area is 58.9 Å². The molecular formula is C6H3ClN2. The van der Waals surface area contributed by atoms with E-state index in [-0.39, 0.29) is 16.4 Å². The Morgan fingerprint density at radius 1 is 1.33 bits per heavy atom. The Bertz CT molecular complexity index is 202. The molecule has 0 spiro atoms. The highest BCUT2D eigenvalue weighted by Gasteiger charge is 1.97. The first-order chi connectivity index (χ1) is 4.22. The maximum Gasteiger partial charge on any atom is 0.136 e. The molecule has 9 heavy (non-hydrogen) atoms. The van der Waals surface area contributed by atoms with Crippen LogP contribution in [-0.4, -0.2) is 9.97 Å². The Balaban J connectivity index is 3.25. The van der Waals surface area contributed by atoms with Gasteiger partial charge in [-0.2, -0.15) is 0 Å². The van der Waals surface area contributed by atoms with E-state index in [2.05, 4.69) is 9.97 Å². The SMILES string of the molecule is [CH]c1ncnc(Cl)c1[CH]. The predicted octanol–water partition coefficient (Wildman–Crippen LogP) is 1.25. The minimum Gasteiger partial charge on any atom is -0.241 e. The van der Waals surface area contributed by atoms with E-state index < -0.39 is 0 Å². The van der Waals surface area contributed by atoms with Crippen LogP contribution >= 0.6 is 11.6 Å². The van der Waals surface area contributed by atoms with Gasteiger partial charge in [-0.3, -0.25) is 0 Å². The molecule has 0 saturated heterocycles. The topological polar surface area (TPSA) is 25.8 Å². The van der Waals surface area contributed by atoms with E-state index in [1.807, 2.05) is 0 Å². The lowest BCUT2D eigenvalue weighted by atomic mass is 10.3. The highest BCUT2D eigenvalue weighted by atomic mass is 35.5. The average molecular weight is 139 g/mol. The minimum absolute atomic E-state index is 0.197. The summed E-state index contributed by atoms with van der Waals surface area (Å²) < 4.78 is 0. The van der Waals surface area contributed by atoms with E-state index in [1.165, 1.54) is 6.33 Å². The average Bonchev–Trinajstić information content (AvgIpc) is 1.83. The maximum atomic E-state index is 5.46. The molecule has 1 aromatic rings. The molecule has 0 unspecified atom stereocenters. The summed E-state index contributed by atoms with van der Waals surface area (Å²) in [6, 6.07) is 0. The van der Waals surface area contributed by atoms with Crippen LogP contribution in [0.3, 0.4) is 0 Å². The quantitative estimate of drug-likeness (QED) is 0.505. The highest BCUT2D eigenvalue weighted by Crippen LogP contribution is 2.11. The molecule has 0 N–H and O–H groups in total. The molecule has 0 saturated carbocycles. The van der Waals surface area contributed by atoms with Crippen LogP contribution in [0, 0.1) is 13.8 Å². The Morgan fingerprint density at radius 2 is 2.00 bits per heavy atom. The summed E-state index contributed by atoms with van der Waals surface area (Å²) in [6.07, 6.45) is 1.26. The van der Waals surface area contributed by atoms with Crippen LogP contribution in [0.1, 0.15) is 11.3 Å². The standard InChI is InChI=1S/C6H3ClN2/c1-4-5(2)8-3-9-6(4)7/h1-3H. The fourth-order valence-corrected chi connectivity index (χ4v) is 0.527. The van der Waals surface area contributed by atoms with Gasteiger partial charge in [0.25, 0.3) is 0 Å². The van der Waals surface area contributed by atoms with Crippen LogP contribution in [0.2, 0.25) is 5.15 Å². The molecular weight excluding hydrogens is 136 g/mol. The molecule has 4 radical (unpaired) electrons. The van der Waals surface area contributed by atoms with Gasteiger partial charge in [0.15, 0.2) is 0 Å². The van der Waals surface area contributed by atoms with Crippen LogP contribution < -0.4 is 0 Å².